The maximum absolute atomic E-state index is 5.41. The topological polar surface area (TPSA) is 22.4 Å². The number of benzene rings is 1. The number of furan rings is 1. The summed E-state index contributed by atoms with van der Waals surface area (Å²) >= 11 is 0. The van der Waals surface area contributed by atoms with E-state index in [9.17, 15) is 0 Å². The van der Waals surface area contributed by atoms with Gasteiger partial charge in [0.2, 0.25) is 0 Å². The van der Waals surface area contributed by atoms with Crippen molar-refractivity contribution in [2.75, 3.05) is 13.2 Å². The van der Waals surface area contributed by atoms with Gasteiger partial charge in [-0.15, -0.1) is 0 Å². The summed E-state index contributed by atoms with van der Waals surface area (Å²) in [5, 5.41) is 1.18. The van der Waals surface area contributed by atoms with Gasteiger partial charge in [0.1, 0.15) is 5.58 Å². The Bertz CT molecular complexity index is 403. The van der Waals surface area contributed by atoms with Crippen molar-refractivity contribution in [3.05, 3.63) is 43.0 Å². The minimum absolute atomic E-state index is 0.524. The minimum Gasteiger partial charge on any atom is -0.464 e. The van der Waals surface area contributed by atoms with Gasteiger partial charge in [-0.25, -0.2) is 0 Å². The second-order valence-electron chi connectivity index (χ2n) is 3.12. The third-order valence-electron chi connectivity index (χ3n) is 2.22. The molecule has 0 aliphatic heterocycles. The standard InChI is InChI=1S/C12H13O2/c1-2-13-8-7-10-9-14-12-6-4-3-5-11(10)12/h3-6,9H,1-2,7-8H2. The first-order chi connectivity index (χ1) is 6.92. The van der Waals surface area contributed by atoms with E-state index in [0.29, 0.717) is 13.2 Å². The molecule has 2 rings (SSSR count). The molecule has 0 amide bonds. The van der Waals surface area contributed by atoms with Crippen LogP contribution in [0.5, 0.6) is 0 Å². The van der Waals surface area contributed by atoms with Gasteiger partial charge in [0.05, 0.1) is 12.9 Å². The molecule has 0 spiro atoms. The van der Waals surface area contributed by atoms with E-state index in [1.807, 2.05) is 18.2 Å². The molecule has 73 valence electrons. The highest BCUT2D eigenvalue weighted by Crippen LogP contribution is 2.20. The Labute approximate surface area is 83.5 Å². The molecule has 14 heavy (non-hydrogen) atoms. The first-order valence-corrected chi connectivity index (χ1v) is 4.74. The Balaban J connectivity index is 2.17. The lowest BCUT2D eigenvalue weighted by atomic mass is 10.1. The fraction of sp³-hybridized carbons (Fsp3) is 0.250. The van der Waals surface area contributed by atoms with Crippen LogP contribution in [-0.4, -0.2) is 13.2 Å². The summed E-state index contributed by atoms with van der Waals surface area (Å²) in [7, 11) is 0. The lowest BCUT2D eigenvalue weighted by Gasteiger charge is -1.98. The highest BCUT2D eigenvalue weighted by atomic mass is 16.5. The number of ether oxygens (including phenoxy) is 1. The van der Waals surface area contributed by atoms with Crippen LogP contribution < -0.4 is 0 Å². The Kier molecular flexibility index (Phi) is 2.84. The third-order valence-corrected chi connectivity index (χ3v) is 2.22. The summed E-state index contributed by atoms with van der Waals surface area (Å²) in [5.74, 6) is 0. The SMILES string of the molecule is [CH2]COCCc1coc2ccccc12. The van der Waals surface area contributed by atoms with Crippen molar-refractivity contribution < 1.29 is 9.15 Å². The van der Waals surface area contributed by atoms with Crippen molar-refractivity contribution >= 4 is 11.0 Å². The molecule has 0 atom stereocenters. The van der Waals surface area contributed by atoms with E-state index in [2.05, 4.69) is 13.0 Å². The number of rotatable bonds is 4. The van der Waals surface area contributed by atoms with Crippen molar-refractivity contribution in [1.29, 1.82) is 0 Å². The predicted octanol–water partition coefficient (Wildman–Crippen LogP) is 2.83. The van der Waals surface area contributed by atoms with Gasteiger partial charge in [-0.1, -0.05) is 18.2 Å². The summed E-state index contributed by atoms with van der Waals surface area (Å²) in [6.07, 6.45) is 2.68. The molecular weight excluding hydrogens is 176 g/mol. The largest absolute Gasteiger partial charge is 0.464 e. The van der Waals surface area contributed by atoms with Crippen LogP contribution in [0.15, 0.2) is 34.9 Å². The number of hydrogen-bond donors (Lipinski definition) is 0. The van der Waals surface area contributed by atoms with Gasteiger partial charge in [0, 0.05) is 17.6 Å². The van der Waals surface area contributed by atoms with E-state index >= 15 is 0 Å². The fourth-order valence-corrected chi connectivity index (χ4v) is 1.51. The average Bonchev–Trinajstić information content (AvgIpc) is 2.63. The zero-order valence-corrected chi connectivity index (χ0v) is 8.03. The van der Waals surface area contributed by atoms with Gasteiger partial charge in [0.25, 0.3) is 0 Å². The Hall–Kier alpha value is -1.28. The maximum Gasteiger partial charge on any atom is 0.134 e. The molecule has 1 aromatic heterocycles. The van der Waals surface area contributed by atoms with E-state index in [-0.39, 0.29) is 0 Å². The number of para-hydroxylation sites is 1. The number of fused-ring (bicyclic) bond motifs is 1. The molecule has 0 fully saturated rings. The van der Waals surface area contributed by atoms with Crippen LogP contribution in [0.4, 0.5) is 0 Å². The molecule has 2 heteroatoms. The normalized spacial score (nSPS) is 10.9. The summed E-state index contributed by atoms with van der Waals surface area (Å²) in [5.41, 5.74) is 2.14. The molecule has 2 nitrogen and oxygen atoms in total. The summed E-state index contributed by atoms with van der Waals surface area (Å²) < 4.78 is 10.6. The fourth-order valence-electron chi connectivity index (χ4n) is 1.51. The number of hydrogen-bond acceptors (Lipinski definition) is 2. The van der Waals surface area contributed by atoms with Crippen molar-refractivity contribution in [3.63, 3.8) is 0 Å². The van der Waals surface area contributed by atoms with Gasteiger partial charge < -0.3 is 9.15 Å². The van der Waals surface area contributed by atoms with Gasteiger partial charge in [-0.05, 0) is 19.4 Å². The molecule has 1 radical (unpaired) electrons. The average molecular weight is 189 g/mol. The molecule has 0 saturated carbocycles. The van der Waals surface area contributed by atoms with Crippen LogP contribution in [0.3, 0.4) is 0 Å². The van der Waals surface area contributed by atoms with Gasteiger partial charge in [-0.2, -0.15) is 0 Å². The van der Waals surface area contributed by atoms with Crippen LogP contribution in [0.1, 0.15) is 5.56 Å². The lowest BCUT2D eigenvalue weighted by molar-refractivity contribution is 0.164. The van der Waals surface area contributed by atoms with E-state index in [1.165, 1.54) is 10.9 Å². The van der Waals surface area contributed by atoms with Crippen molar-refractivity contribution in [2.45, 2.75) is 6.42 Å². The minimum atomic E-state index is 0.524. The molecule has 0 N–H and O–H groups in total. The van der Waals surface area contributed by atoms with Crippen LogP contribution in [-0.2, 0) is 11.2 Å². The molecule has 0 unspecified atom stereocenters. The Morgan fingerprint density at radius 2 is 2.14 bits per heavy atom. The van der Waals surface area contributed by atoms with Crippen LogP contribution >= 0.6 is 0 Å². The summed E-state index contributed by atoms with van der Waals surface area (Å²) in [6, 6.07) is 8.03. The molecule has 0 saturated heterocycles. The molecule has 0 aliphatic carbocycles. The molecule has 0 bridgehead atoms. The zero-order valence-electron chi connectivity index (χ0n) is 8.03. The Morgan fingerprint density at radius 1 is 1.29 bits per heavy atom. The second kappa shape index (κ2) is 4.29. The maximum atomic E-state index is 5.41. The van der Waals surface area contributed by atoms with Crippen LogP contribution in [0.25, 0.3) is 11.0 Å². The molecule has 0 aliphatic rings. The first-order valence-electron chi connectivity index (χ1n) is 4.74. The van der Waals surface area contributed by atoms with E-state index in [4.69, 9.17) is 9.15 Å². The zero-order chi connectivity index (χ0) is 9.80. The van der Waals surface area contributed by atoms with Gasteiger partial charge in [-0.3, -0.25) is 0 Å². The second-order valence-corrected chi connectivity index (χ2v) is 3.12. The quantitative estimate of drug-likeness (QED) is 0.690. The molecule has 1 aromatic carbocycles. The van der Waals surface area contributed by atoms with E-state index in [1.54, 1.807) is 6.26 Å². The van der Waals surface area contributed by atoms with Gasteiger partial charge in [0.15, 0.2) is 0 Å². The lowest BCUT2D eigenvalue weighted by Crippen LogP contribution is -1.96. The molecule has 1 heterocycles. The highest BCUT2D eigenvalue weighted by molar-refractivity contribution is 5.80. The predicted molar refractivity (Wildman–Crippen MR) is 56.1 cm³/mol. The third kappa shape index (κ3) is 1.80. The summed E-state index contributed by atoms with van der Waals surface area (Å²) in [6.45, 7) is 4.85. The molecule has 2 aromatic rings. The van der Waals surface area contributed by atoms with Crippen LogP contribution in [0, 0.1) is 6.92 Å². The molecular formula is C12H13O2. The van der Waals surface area contributed by atoms with Crippen molar-refractivity contribution in [1.82, 2.24) is 0 Å². The highest BCUT2D eigenvalue weighted by Gasteiger charge is 2.03. The van der Waals surface area contributed by atoms with Crippen LogP contribution in [0.2, 0.25) is 0 Å². The van der Waals surface area contributed by atoms with E-state index < -0.39 is 0 Å². The van der Waals surface area contributed by atoms with E-state index in [0.717, 1.165) is 12.0 Å². The van der Waals surface area contributed by atoms with Crippen molar-refractivity contribution in [2.24, 2.45) is 0 Å². The van der Waals surface area contributed by atoms with Crippen molar-refractivity contribution in [3.8, 4) is 0 Å². The first kappa shape index (κ1) is 9.28. The summed E-state index contributed by atoms with van der Waals surface area (Å²) in [4.78, 5) is 0. The monoisotopic (exact) mass is 189 g/mol. The smallest absolute Gasteiger partial charge is 0.134 e. The van der Waals surface area contributed by atoms with Gasteiger partial charge >= 0.3 is 0 Å². The Morgan fingerprint density at radius 3 is 3.00 bits per heavy atom.